The number of nitrogens with zero attached hydrogens (tertiary/aromatic N) is 3. The fourth-order valence-electron chi connectivity index (χ4n) is 4.26. The van der Waals surface area contributed by atoms with E-state index in [2.05, 4.69) is 15.5 Å². The number of hydrogen-bond donors (Lipinski definition) is 1. The molecule has 24 heavy (non-hydrogen) atoms. The zero-order chi connectivity index (χ0) is 16.4. The summed E-state index contributed by atoms with van der Waals surface area (Å²) in [6.07, 6.45) is 10.5. The number of para-hydroxylation sites is 2. The summed E-state index contributed by atoms with van der Waals surface area (Å²) in [5, 5.41) is 4.42. The lowest BCUT2D eigenvalue weighted by molar-refractivity contribution is -0.121. The van der Waals surface area contributed by atoms with Gasteiger partial charge >= 0.3 is 0 Å². The minimum Gasteiger partial charge on any atom is -0.321 e. The largest absolute Gasteiger partial charge is 0.321 e. The lowest BCUT2D eigenvalue weighted by atomic mass is 9.70. The highest BCUT2D eigenvalue weighted by atomic mass is 16.2. The van der Waals surface area contributed by atoms with Crippen LogP contribution in [0.2, 0.25) is 0 Å². The Labute approximate surface area is 142 Å². The van der Waals surface area contributed by atoms with Gasteiger partial charge in [-0.25, -0.2) is 10.4 Å². The third-order valence-electron chi connectivity index (χ3n) is 5.55. The van der Waals surface area contributed by atoms with Gasteiger partial charge in [-0.1, -0.05) is 31.4 Å². The molecular formula is C19H24N4O. The van der Waals surface area contributed by atoms with Gasteiger partial charge in [0, 0.05) is 5.71 Å². The molecule has 1 heterocycles. The first-order valence-corrected chi connectivity index (χ1v) is 9.04. The Morgan fingerprint density at radius 2 is 2.04 bits per heavy atom. The van der Waals surface area contributed by atoms with Crippen molar-refractivity contribution in [2.45, 2.75) is 51.5 Å². The van der Waals surface area contributed by atoms with Gasteiger partial charge in [0.15, 0.2) is 0 Å². The number of nitrogens with one attached hydrogen (secondary N) is 1. The Morgan fingerprint density at radius 1 is 1.21 bits per heavy atom. The Bertz CT molecular complexity index is 764. The molecule has 2 aliphatic rings. The minimum absolute atomic E-state index is 0.0866. The molecule has 5 nitrogen and oxygen atoms in total. The molecule has 1 N–H and O–H groups in total. The van der Waals surface area contributed by atoms with Gasteiger partial charge in [0.05, 0.1) is 17.4 Å². The first kappa shape index (κ1) is 15.4. The van der Waals surface area contributed by atoms with E-state index >= 15 is 0 Å². The summed E-state index contributed by atoms with van der Waals surface area (Å²) in [6, 6.07) is 7.84. The van der Waals surface area contributed by atoms with E-state index < -0.39 is 0 Å². The Balaban J connectivity index is 1.36. The van der Waals surface area contributed by atoms with Crippen molar-refractivity contribution in [1.82, 2.24) is 15.0 Å². The number of fused-ring (bicyclic) bond motifs is 2. The van der Waals surface area contributed by atoms with Crippen LogP contribution in [0.3, 0.4) is 0 Å². The second kappa shape index (κ2) is 6.75. The lowest BCUT2D eigenvalue weighted by Gasteiger charge is -2.35. The molecule has 1 amide bonds. The Morgan fingerprint density at radius 3 is 2.96 bits per heavy atom. The molecule has 0 bridgehead atoms. The first-order chi connectivity index (χ1) is 11.8. The van der Waals surface area contributed by atoms with E-state index in [4.69, 9.17) is 0 Å². The number of hydrazone groups is 1. The number of aromatic nitrogens is 2. The van der Waals surface area contributed by atoms with Crippen LogP contribution in [0.4, 0.5) is 0 Å². The molecule has 1 aromatic heterocycles. The number of imidazole rings is 1. The third-order valence-corrected chi connectivity index (χ3v) is 5.55. The van der Waals surface area contributed by atoms with Crippen LogP contribution in [0.25, 0.3) is 11.0 Å². The van der Waals surface area contributed by atoms with E-state index in [1.54, 1.807) is 6.33 Å². The Kier molecular flexibility index (Phi) is 4.32. The summed E-state index contributed by atoms with van der Waals surface area (Å²) in [5.74, 6) is 1.60. The quantitative estimate of drug-likeness (QED) is 0.879. The predicted molar refractivity (Wildman–Crippen MR) is 94.6 cm³/mol. The fraction of sp³-hybridized carbons (Fsp3) is 0.526. The van der Waals surface area contributed by atoms with Crippen LogP contribution >= 0.6 is 0 Å². The standard InChI is InChI=1S/C19H24N4O/c24-19(12-23-13-20-17-7-3-4-8-18(17)23)22-21-16-10-9-14-5-1-2-6-15(14)11-16/h3-4,7-8,13-15H,1-2,5-6,9-12H2,(H,22,24)/b21-16-/t14-,15+/m0/s1. The molecule has 2 aromatic rings. The average Bonchev–Trinajstić information content (AvgIpc) is 3.03. The number of amides is 1. The third kappa shape index (κ3) is 3.21. The van der Waals surface area contributed by atoms with Crippen molar-refractivity contribution >= 4 is 22.7 Å². The van der Waals surface area contributed by atoms with Crippen molar-refractivity contribution in [3.63, 3.8) is 0 Å². The molecular weight excluding hydrogens is 300 g/mol. The number of carbonyl (C=O) groups is 1. The van der Waals surface area contributed by atoms with Crippen LogP contribution in [-0.4, -0.2) is 21.2 Å². The van der Waals surface area contributed by atoms with Gasteiger partial charge in [-0.3, -0.25) is 4.79 Å². The van der Waals surface area contributed by atoms with Gasteiger partial charge in [-0.15, -0.1) is 0 Å². The fourth-order valence-corrected chi connectivity index (χ4v) is 4.26. The molecule has 0 unspecified atom stereocenters. The molecule has 4 rings (SSSR count). The zero-order valence-corrected chi connectivity index (χ0v) is 13.9. The topological polar surface area (TPSA) is 59.3 Å². The van der Waals surface area contributed by atoms with Crippen molar-refractivity contribution in [3.05, 3.63) is 30.6 Å². The SMILES string of the molecule is O=C(Cn1cnc2ccccc21)N/N=C1/CC[C@@H]2CCCC[C@@H]2C1. The molecule has 1 aromatic carbocycles. The first-order valence-electron chi connectivity index (χ1n) is 9.04. The molecule has 2 saturated carbocycles. The van der Waals surface area contributed by atoms with E-state index in [1.807, 2.05) is 28.8 Å². The summed E-state index contributed by atoms with van der Waals surface area (Å²) < 4.78 is 1.86. The van der Waals surface area contributed by atoms with E-state index in [-0.39, 0.29) is 12.5 Å². The Hall–Kier alpha value is -2.17. The van der Waals surface area contributed by atoms with Crippen molar-refractivity contribution < 1.29 is 4.79 Å². The van der Waals surface area contributed by atoms with Gasteiger partial charge in [0.2, 0.25) is 0 Å². The van der Waals surface area contributed by atoms with E-state index in [1.165, 1.54) is 37.8 Å². The summed E-state index contributed by atoms with van der Waals surface area (Å²) >= 11 is 0. The van der Waals surface area contributed by atoms with Gasteiger partial charge in [0.1, 0.15) is 6.54 Å². The molecule has 5 heteroatoms. The molecule has 2 atom stereocenters. The second-order valence-corrected chi connectivity index (χ2v) is 7.12. The summed E-state index contributed by atoms with van der Waals surface area (Å²) in [5.41, 5.74) is 5.80. The van der Waals surface area contributed by atoms with Gasteiger partial charge < -0.3 is 4.57 Å². The maximum atomic E-state index is 12.2. The molecule has 2 aliphatic carbocycles. The number of rotatable bonds is 3. The van der Waals surface area contributed by atoms with Gasteiger partial charge in [-0.05, 0) is 49.7 Å². The number of benzene rings is 1. The van der Waals surface area contributed by atoms with Crippen LogP contribution in [0.1, 0.15) is 44.9 Å². The van der Waals surface area contributed by atoms with Crippen molar-refractivity contribution in [3.8, 4) is 0 Å². The van der Waals surface area contributed by atoms with Crippen molar-refractivity contribution in [2.75, 3.05) is 0 Å². The normalized spacial score (nSPS) is 25.6. The van der Waals surface area contributed by atoms with Crippen LogP contribution in [-0.2, 0) is 11.3 Å². The van der Waals surface area contributed by atoms with E-state index in [0.717, 1.165) is 35.7 Å². The van der Waals surface area contributed by atoms with Crippen LogP contribution in [0, 0.1) is 11.8 Å². The summed E-state index contributed by atoms with van der Waals surface area (Å²) in [6.45, 7) is 0.253. The average molecular weight is 324 g/mol. The van der Waals surface area contributed by atoms with Crippen molar-refractivity contribution in [1.29, 1.82) is 0 Å². The molecule has 2 fully saturated rings. The molecule has 0 spiro atoms. The molecule has 126 valence electrons. The van der Waals surface area contributed by atoms with E-state index in [0.29, 0.717) is 0 Å². The van der Waals surface area contributed by atoms with Crippen molar-refractivity contribution in [2.24, 2.45) is 16.9 Å². The second-order valence-electron chi connectivity index (χ2n) is 7.12. The smallest absolute Gasteiger partial charge is 0.260 e. The summed E-state index contributed by atoms with van der Waals surface area (Å²) in [7, 11) is 0. The number of carbonyl (C=O) groups excluding carboxylic acids is 1. The maximum absolute atomic E-state index is 12.2. The van der Waals surface area contributed by atoms with Crippen LogP contribution in [0.15, 0.2) is 35.7 Å². The molecule has 0 radical (unpaired) electrons. The maximum Gasteiger partial charge on any atom is 0.260 e. The highest BCUT2D eigenvalue weighted by Gasteiger charge is 2.30. The van der Waals surface area contributed by atoms with Gasteiger partial charge in [-0.2, -0.15) is 5.10 Å². The van der Waals surface area contributed by atoms with Crippen LogP contribution in [0.5, 0.6) is 0 Å². The summed E-state index contributed by atoms with van der Waals surface area (Å²) in [4.78, 5) is 16.5. The highest BCUT2D eigenvalue weighted by molar-refractivity contribution is 5.87. The van der Waals surface area contributed by atoms with Gasteiger partial charge in [0.25, 0.3) is 5.91 Å². The zero-order valence-electron chi connectivity index (χ0n) is 13.9. The monoisotopic (exact) mass is 324 g/mol. The molecule has 0 saturated heterocycles. The highest BCUT2D eigenvalue weighted by Crippen LogP contribution is 2.39. The van der Waals surface area contributed by atoms with Crippen LogP contribution < -0.4 is 5.43 Å². The number of hydrogen-bond acceptors (Lipinski definition) is 3. The lowest BCUT2D eigenvalue weighted by Crippen LogP contribution is -2.30. The molecule has 0 aliphatic heterocycles. The predicted octanol–water partition coefficient (Wildman–Crippen LogP) is 3.50. The van der Waals surface area contributed by atoms with E-state index in [9.17, 15) is 4.79 Å². The minimum atomic E-state index is -0.0866.